The fraction of sp³-hybridized carbons (Fsp3) is 0.400. The van der Waals surface area contributed by atoms with Gasteiger partial charge in [-0.3, -0.25) is 9.78 Å². The number of pyridine rings is 1. The Morgan fingerprint density at radius 1 is 1.48 bits per heavy atom. The number of anilines is 1. The van der Waals surface area contributed by atoms with Crippen molar-refractivity contribution in [2.45, 2.75) is 19.3 Å². The first-order valence-electron chi connectivity index (χ1n) is 7.03. The van der Waals surface area contributed by atoms with E-state index in [2.05, 4.69) is 21.5 Å². The van der Waals surface area contributed by atoms with E-state index in [0.29, 0.717) is 18.8 Å². The molecule has 0 saturated carbocycles. The SMILES string of the molecule is CNc1cc(C)nc(C2CCN(C(=O)c3ccno3)C2)c1. The van der Waals surface area contributed by atoms with Crippen molar-refractivity contribution in [1.29, 1.82) is 0 Å². The van der Waals surface area contributed by atoms with Crippen molar-refractivity contribution < 1.29 is 9.32 Å². The first kappa shape index (κ1) is 13.6. The first-order chi connectivity index (χ1) is 10.2. The Bertz CT molecular complexity index is 639. The number of carbonyl (C=O) groups is 1. The molecule has 6 nitrogen and oxygen atoms in total. The zero-order valence-electron chi connectivity index (χ0n) is 12.2. The number of amides is 1. The largest absolute Gasteiger partial charge is 0.388 e. The number of aryl methyl sites for hydroxylation is 1. The van der Waals surface area contributed by atoms with Crippen LogP contribution in [0.25, 0.3) is 0 Å². The third-order valence-corrected chi connectivity index (χ3v) is 3.80. The van der Waals surface area contributed by atoms with Gasteiger partial charge in [-0.25, -0.2) is 0 Å². The van der Waals surface area contributed by atoms with E-state index in [1.54, 1.807) is 11.0 Å². The maximum absolute atomic E-state index is 12.2. The molecule has 3 heterocycles. The summed E-state index contributed by atoms with van der Waals surface area (Å²) in [5, 5.41) is 6.73. The van der Waals surface area contributed by atoms with Gasteiger partial charge in [0.05, 0.1) is 6.20 Å². The minimum atomic E-state index is -0.100. The summed E-state index contributed by atoms with van der Waals surface area (Å²) >= 11 is 0. The minimum Gasteiger partial charge on any atom is -0.388 e. The van der Waals surface area contributed by atoms with Crippen LogP contribution in [0.5, 0.6) is 0 Å². The van der Waals surface area contributed by atoms with E-state index in [4.69, 9.17) is 4.52 Å². The zero-order valence-corrected chi connectivity index (χ0v) is 12.2. The fourth-order valence-electron chi connectivity index (χ4n) is 2.72. The fourth-order valence-corrected chi connectivity index (χ4v) is 2.72. The molecule has 0 aromatic carbocycles. The number of carbonyl (C=O) groups excluding carboxylic acids is 1. The van der Waals surface area contributed by atoms with Crippen LogP contribution in [-0.4, -0.2) is 41.1 Å². The van der Waals surface area contributed by atoms with Crippen LogP contribution in [0.2, 0.25) is 0 Å². The van der Waals surface area contributed by atoms with Gasteiger partial charge in [-0.2, -0.15) is 0 Å². The number of likely N-dealkylation sites (tertiary alicyclic amines) is 1. The van der Waals surface area contributed by atoms with Crippen molar-refractivity contribution in [3.05, 3.63) is 41.5 Å². The van der Waals surface area contributed by atoms with Crippen molar-refractivity contribution >= 4 is 11.6 Å². The highest BCUT2D eigenvalue weighted by atomic mass is 16.5. The zero-order chi connectivity index (χ0) is 14.8. The predicted molar refractivity (Wildman–Crippen MR) is 78.3 cm³/mol. The van der Waals surface area contributed by atoms with Gasteiger partial charge in [0.2, 0.25) is 5.76 Å². The van der Waals surface area contributed by atoms with Crippen LogP contribution in [-0.2, 0) is 0 Å². The summed E-state index contributed by atoms with van der Waals surface area (Å²) in [5.41, 5.74) is 3.07. The van der Waals surface area contributed by atoms with Crippen molar-refractivity contribution in [3.63, 3.8) is 0 Å². The number of nitrogens with zero attached hydrogens (tertiary/aromatic N) is 3. The smallest absolute Gasteiger partial charge is 0.292 e. The molecule has 1 aliphatic heterocycles. The van der Waals surface area contributed by atoms with E-state index in [9.17, 15) is 4.79 Å². The molecule has 1 N–H and O–H groups in total. The van der Waals surface area contributed by atoms with Gasteiger partial charge in [-0.1, -0.05) is 5.16 Å². The van der Waals surface area contributed by atoms with Gasteiger partial charge in [0.25, 0.3) is 5.91 Å². The van der Waals surface area contributed by atoms with Crippen LogP contribution in [0.1, 0.15) is 34.3 Å². The van der Waals surface area contributed by atoms with Gasteiger partial charge in [0.1, 0.15) is 0 Å². The van der Waals surface area contributed by atoms with Crippen LogP contribution in [0, 0.1) is 6.92 Å². The van der Waals surface area contributed by atoms with Gasteiger partial charge < -0.3 is 14.7 Å². The number of nitrogens with one attached hydrogen (secondary N) is 1. The van der Waals surface area contributed by atoms with Gasteiger partial charge in [0.15, 0.2) is 0 Å². The molecule has 1 fully saturated rings. The van der Waals surface area contributed by atoms with E-state index < -0.39 is 0 Å². The molecule has 0 aliphatic carbocycles. The van der Waals surface area contributed by atoms with E-state index in [-0.39, 0.29) is 11.8 Å². The average molecular weight is 286 g/mol. The molecule has 1 unspecified atom stereocenters. The summed E-state index contributed by atoms with van der Waals surface area (Å²) in [6.07, 6.45) is 2.40. The summed E-state index contributed by atoms with van der Waals surface area (Å²) < 4.78 is 4.94. The summed E-state index contributed by atoms with van der Waals surface area (Å²) in [6.45, 7) is 3.37. The molecule has 6 heteroatoms. The highest BCUT2D eigenvalue weighted by Gasteiger charge is 2.30. The van der Waals surface area contributed by atoms with Gasteiger partial charge in [0, 0.05) is 49.2 Å². The van der Waals surface area contributed by atoms with Gasteiger partial charge in [-0.05, 0) is 25.5 Å². The molecule has 2 aromatic rings. The molecule has 0 bridgehead atoms. The predicted octanol–water partition coefficient (Wildman–Crippen LogP) is 2.05. The van der Waals surface area contributed by atoms with Crippen molar-refractivity contribution in [1.82, 2.24) is 15.0 Å². The highest BCUT2D eigenvalue weighted by molar-refractivity contribution is 5.91. The lowest BCUT2D eigenvalue weighted by Crippen LogP contribution is -2.28. The van der Waals surface area contributed by atoms with Gasteiger partial charge in [-0.15, -0.1) is 0 Å². The van der Waals surface area contributed by atoms with E-state index in [1.807, 2.05) is 20.0 Å². The van der Waals surface area contributed by atoms with Gasteiger partial charge >= 0.3 is 0 Å². The first-order valence-corrected chi connectivity index (χ1v) is 7.03. The second kappa shape index (κ2) is 5.55. The lowest BCUT2D eigenvalue weighted by Gasteiger charge is -2.15. The van der Waals surface area contributed by atoms with Crippen LogP contribution in [0.3, 0.4) is 0 Å². The maximum Gasteiger partial charge on any atom is 0.292 e. The monoisotopic (exact) mass is 286 g/mol. The Morgan fingerprint density at radius 2 is 2.33 bits per heavy atom. The Kier molecular flexibility index (Phi) is 3.60. The van der Waals surface area contributed by atoms with Crippen molar-refractivity contribution in [2.24, 2.45) is 0 Å². The number of rotatable bonds is 3. The van der Waals surface area contributed by atoms with Crippen molar-refractivity contribution in [2.75, 3.05) is 25.5 Å². The van der Waals surface area contributed by atoms with Crippen LogP contribution >= 0.6 is 0 Å². The van der Waals surface area contributed by atoms with E-state index >= 15 is 0 Å². The molecule has 1 atom stereocenters. The lowest BCUT2D eigenvalue weighted by atomic mass is 10.0. The van der Waals surface area contributed by atoms with Crippen LogP contribution < -0.4 is 5.32 Å². The second-order valence-corrected chi connectivity index (χ2v) is 5.29. The Balaban J connectivity index is 1.75. The topological polar surface area (TPSA) is 71.3 Å². The number of hydrogen-bond acceptors (Lipinski definition) is 5. The Morgan fingerprint density at radius 3 is 3.05 bits per heavy atom. The third kappa shape index (κ3) is 2.74. The van der Waals surface area contributed by atoms with Crippen LogP contribution in [0.4, 0.5) is 5.69 Å². The lowest BCUT2D eigenvalue weighted by molar-refractivity contribution is 0.0749. The standard InChI is InChI=1S/C15H18N4O2/c1-10-7-12(16-2)8-13(18-10)11-4-6-19(9-11)15(20)14-3-5-17-21-14/h3,5,7-8,11H,4,6,9H2,1-2H3,(H,16,18). The molecular formula is C15H18N4O2. The second-order valence-electron chi connectivity index (χ2n) is 5.29. The highest BCUT2D eigenvalue weighted by Crippen LogP contribution is 2.28. The van der Waals surface area contributed by atoms with E-state index in [0.717, 1.165) is 23.5 Å². The number of aromatic nitrogens is 2. The van der Waals surface area contributed by atoms with E-state index in [1.165, 1.54) is 6.20 Å². The minimum absolute atomic E-state index is 0.100. The molecule has 0 spiro atoms. The molecule has 1 amide bonds. The summed E-state index contributed by atoms with van der Waals surface area (Å²) in [7, 11) is 1.90. The summed E-state index contributed by atoms with van der Waals surface area (Å²) in [6, 6.07) is 5.66. The molecule has 1 saturated heterocycles. The van der Waals surface area contributed by atoms with Crippen molar-refractivity contribution in [3.8, 4) is 0 Å². The maximum atomic E-state index is 12.2. The molecule has 3 rings (SSSR count). The molecular weight excluding hydrogens is 268 g/mol. The number of hydrogen-bond donors (Lipinski definition) is 1. The van der Waals surface area contributed by atoms with Crippen LogP contribution in [0.15, 0.2) is 28.9 Å². The Labute approximate surface area is 123 Å². The molecule has 110 valence electrons. The summed E-state index contributed by atoms with van der Waals surface area (Å²) in [4.78, 5) is 18.6. The molecule has 21 heavy (non-hydrogen) atoms. The quantitative estimate of drug-likeness (QED) is 0.935. The average Bonchev–Trinajstić information content (AvgIpc) is 3.17. The molecule has 0 radical (unpaired) electrons. The Hall–Kier alpha value is -2.37. The molecule has 2 aromatic heterocycles. The molecule has 1 aliphatic rings. The normalized spacial score (nSPS) is 18.0. The summed E-state index contributed by atoms with van der Waals surface area (Å²) in [5.74, 6) is 0.462. The third-order valence-electron chi connectivity index (χ3n) is 3.80.